The molecular weight excluding hydrogens is 508 g/mol. The van der Waals surface area contributed by atoms with Gasteiger partial charge in [-0.15, -0.1) is 5.10 Å². The highest BCUT2D eigenvalue weighted by atomic mass is 79.9. The number of ether oxygens (including phenoxy) is 2. The van der Waals surface area contributed by atoms with Crippen molar-refractivity contribution in [1.82, 2.24) is 25.0 Å². The van der Waals surface area contributed by atoms with E-state index in [9.17, 15) is 4.79 Å². The Labute approximate surface area is 202 Å². The van der Waals surface area contributed by atoms with Crippen molar-refractivity contribution in [3.8, 4) is 17.2 Å². The normalized spacial score (nSPS) is 10.6. The van der Waals surface area contributed by atoms with Crippen LogP contribution in [0.1, 0.15) is 16.2 Å². The quantitative estimate of drug-likeness (QED) is 0.266. The number of thioether (sulfide) groups is 1. The van der Waals surface area contributed by atoms with Crippen LogP contribution in [0.2, 0.25) is 0 Å². The molecular formula is C22H19BrN6O3S. The molecule has 4 rings (SSSR count). The Balaban J connectivity index is 1.68. The highest BCUT2D eigenvalue weighted by Gasteiger charge is 2.22. The summed E-state index contributed by atoms with van der Waals surface area (Å²) >= 11 is 4.82. The summed E-state index contributed by atoms with van der Waals surface area (Å²) < 4.78 is 13.2. The largest absolute Gasteiger partial charge is 0.497 e. The summed E-state index contributed by atoms with van der Waals surface area (Å²) in [6, 6.07) is 14.5. The second kappa shape index (κ2) is 10.5. The smallest absolute Gasteiger partial charge is 0.278 e. The Hall–Kier alpha value is -3.44. The number of hydrogen-bond donors (Lipinski definition) is 1. The van der Waals surface area contributed by atoms with Crippen LogP contribution < -0.4 is 14.8 Å². The Morgan fingerprint density at radius 1 is 1.09 bits per heavy atom. The molecule has 0 atom stereocenters. The van der Waals surface area contributed by atoms with Crippen LogP contribution in [-0.4, -0.2) is 45.1 Å². The van der Waals surface area contributed by atoms with Gasteiger partial charge in [0, 0.05) is 28.7 Å². The fourth-order valence-corrected chi connectivity index (χ4v) is 4.04. The molecule has 11 heteroatoms. The maximum Gasteiger partial charge on any atom is 0.278 e. The van der Waals surface area contributed by atoms with Crippen molar-refractivity contribution in [2.75, 3.05) is 19.5 Å². The number of carbonyl (C=O) groups excluding carboxylic acids is 1. The molecule has 4 aromatic rings. The van der Waals surface area contributed by atoms with Crippen molar-refractivity contribution < 1.29 is 14.3 Å². The fourth-order valence-electron chi connectivity index (χ4n) is 2.98. The number of aromatic nitrogens is 5. The summed E-state index contributed by atoms with van der Waals surface area (Å²) in [7, 11) is 3.08. The monoisotopic (exact) mass is 526 g/mol. The number of benzene rings is 2. The van der Waals surface area contributed by atoms with E-state index in [0.29, 0.717) is 33.8 Å². The van der Waals surface area contributed by atoms with Crippen molar-refractivity contribution in [3.05, 3.63) is 76.8 Å². The number of anilines is 1. The molecule has 0 spiro atoms. The van der Waals surface area contributed by atoms with Gasteiger partial charge in [-0.25, -0.2) is 14.6 Å². The second-order valence-electron chi connectivity index (χ2n) is 6.61. The molecule has 0 bridgehead atoms. The van der Waals surface area contributed by atoms with Crippen LogP contribution >= 0.6 is 27.7 Å². The Morgan fingerprint density at radius 2 is 1.85 bits per heavy atom. The molecule has 2 aromatic heterocycles. The van der Waals surface area contributed by atoms with E-state index in [-0.39, 0.29) is 5.69 Å². The third-order valence-electron chi connectivity index (χ3n) is 4.58. The number of halogens is 1. The molecule has 0 radical (unpaired) electrons. The topological polar surface area (TPSA) is 104 Å². The Morgan fingerprint density at radius 3 is 2.55 bits per heavy atom. The van der Waals surface area contributed by atoms with Crippen molar-refractivity contribution in [2.24, 2.45) is 0 Å². The first-order valence-corrected chi connectivity index (χ1v) is 11.5. The first-order chi connectivity index (χ1) is 16.1. The van der Waals surface area contributed by atoms with Gasteiger partial charge in [0.25, 0.3) is 5.91 Å². The minimum atomic E-state index is -0.422. The van der Waals surface area contributed by atoms with E-state index in [1.165, 1.54) is 18.9 Å². The molecule has 2 aromatic carbocycles. The van der Waals surface area contributed by atoms with Crippen LogP contribution in [-0.2, 0) is 5.75 Å². The Kier molecular flexibility index (Phi) is 7.20. The van der Waals surface area contributed by atoms with E-state index < -0.39 is 5.91 Å². The van der Waals surface area contributed by atoms with E-state index in [4.69, 9.17) is 9.47 Å². The minimum Gasteiger partial charge on any atom is -0.497 e. The van der Waals surface area contributed by atoms with Crippen LogP contribution in [0.25, 0.3) is 5.69 Å². The van der Waals surface area contributed by atoms with Gasteiger partial charge in [0.1, 0.15) is 11.5 Å². The van der Waals surface area contributed by atoms with Gasteiger partial charge in [0.05, 0.1) is 31.3 Å². The van der Waals surface area contributed by atoms with Gasteiger partial charge in [-0.05, 0) is 42.5 Å². The molecule has 0 saturated heterocycles. The van der Waals surface area contributed by atoms with Gasteiger partial charge in [-0.1, -0.05) is 32.9 Å². The standard InChI is InChI=1S/C22H19BrN6O3S/c1-31-16-8-9-19(32-2)17(12-16)26-21(30)20-18(13-33-22-24-10-3-11-25-22)29(28-27-20)15-6-4-14(23)5-7-15/h3-12H,13H2,1-2H3,(H,26,30). The van der Waals surface area contributed by atoms with Gasteiger partial charge in [0.2, 0.25) is 0 Å². The molecule has 0 unspecified atom stereocenters. The van der Waals surface area contributed by atoms with Gasteiger partial charge in [-0.2, -0.15) is 0 Å². The molecule has 0 aliphatic heterocycles. The van der Waals surface area contributed by atoms with E-state index in [2.05, 4.69) is 41.5 Å². The minimum absolute atomic E-state index is 0.186. The predicted molar refractivity (Wildman–Crippen MR) is 128 cm³/mol. The van der Waals surface area contributed by atoms with Crippen molar-refractivity contribution in [3.63, 3.8) is 0 Å². The summed E-state index contributed by atoms with van der Waals surface area (Å²) in [4.78, 5) is 21.7. The maximum atomic E-state index is 13.2. The molecule has 0 saturated carbocycles. The average Bonchev–Trinajstić information content (AvgIpc) is 3.28. The summed E-state index contributed by atoms with van der Waals surface area (Å²) in [6.07, 6.45) is 3.34. The lowest BCUT2D eigenvalue weighted by atomic mass is 10.2. The van der Waals surface area contributed by atoms with Crippen molar-refractivity contribution in [2.45, 2.75) is 10.9 Å². The van der Waals surface area contributed by atoms with Crippen LogP contribution in [0.3, 0.4) is 0 Å². The van der Waals surface area contributed by atoms with Crippen LogP contribution in [0, 0.1) is 0 Å². The van der Waals surface area contributed by atoms with Crippen LogP contribution in [0.5, 0.6) is 11.5 Å². The van der Waals surface area contributed by atoms with E-state index >= 15 is 0 Å². The van der Waals surface area contributed by atoms with E-state index in [1.54, 1.807) is 48.5 Å². The third kappa shape index (κ3) is 5.32. The number of methoxy groups -OCH3 is 2. The third-order valence-corrected chi connectivity index (χ3v) is 6.00. The first-order valence-electron chi connectivity index (χ1n) is 9.72. The fraction of sp³-hybridized carbons (Fsp3) is 0.136. The molecule has 1 N–H and O–H groups in total. The zero-order valence-corrected chi connectivity index (χ0v) is 20.1. The van der Waals surface area contributed by atoms with Crippen LogP contribution in [0.15, 0.2) is 70.6 Å². The molecule has 0 fully saturated rings. The van der Waals surface area contributed by atoms with Crippen LogP contribution in [0.4, 0.5) is 5.69 Å². The average molecular weight is 527 g/mol. The lowest BCUT2D eigenvalue weighted by molar-refractivity contribution is 0.102. The van der Waals surface area contributed by atoms with E-state index in [1.807, 2.05) is 24.3 Å². The Bertz CT molecular complexity index is 1250. The predicted octanol–water partition coefficient (Wildman–Crippen LogP) is 4.38. The highest BCUT2D eigenvalue weighted by Crippen LogP contribution is 2.30. The lowest BCUT2D eigenvalue weighted by Crippen LogP contribution is -2.16. The molecule has 2 heterocycles. The summed E-state index contributed by atoms with van der Waals surface area (Å²) in [5, 5.41) is 11.9. The number of nitrogens with one attached hydrogen (secondary N) is 1. The number of hydrogen-bond acceptors (Lipinski definition) is 8. The number of rotatable bonds is 8. The zero-order chi connectivity index (χ0) is 23.2. The molecule has 33 heavy (non-hydrogen) atoms. The molecule has 0 aliphatic rings. The number of nitrogens with zero attached hydrogens (tertiary/aromatic N) is 5. The zero-order valence-electron chi connectivity index (χ0n) is 17.7. The number of carbonyl (C=O) groups is 1. The van der Waals surface area contributed by atoms with Crippen molar-refractivity contribution >= 4 is 39.3 Å². The van der Waals surface area contributed by atoms with Gasteiger partial charge < -0.3 is 14.8 Å². The highest BCUT2D eigenvalue weighted by molar-refractivity contribution is 9.10. The summed E-state index contributed by atoms with van der Waals surface area (Å²) in [5.74, 6) is 1.04. The molecule has 9 nitrogen and oxygen atoms in total. The van der Waals surface area contributed by atoms with Gasteiger partial charge >= 0.3 is 0 Å². The summed E-state index contributed by atoms with van der Waals surface area (Å²) in [6.45, 7) is 0. The maximum absolute atomic E-state index is 13.2. The molecule has 0 aliphatic carbocycles. The second-order valence-corrected chi connectivity index (χ2v) is 8.47. The SMILES string of the molecule is COc1ccc(OC)c(NC(=O)c2nnn(-c3ccc(Br)cc3)c2CSc2ncccn2)c1. The van der Waals surface area contributed by atoms with Gasteiger partial charge in [-0.3, -0.25) is 4.79 Å². The summed E-state index contributed by atoms with van der Waals surface area (Å²) in [5.41, 5.74) is 2.03. The molecule has 168 valence electrons. The van der Waals surface area contributed by atoms with Gasteiger partial charge in [0.15, 0.2) is 10.9 Å². The lowest BCUT2D eigenvalue weighted by Gasteiger charge is -2.12. The van der Waals surface area contributed by atoms with E-state index in [0.717, 1.165) is 10.2 Å². The first kappa shape index (κ1) is 22.7. The van der Waals surface area contributed by atoms with Crippen molar-refractivity contribution in [1.29, 1.82) is 0 Å². The molecule has 1 amide bonds. The number of amides is 1.